The highest BCUT2D eigenvalue weighted by Crippen LogP contribution is 2.34. The third-order valence-electron chi connectivity index (χ3n) is 5.44. The van der Waals surface area contributed by atoms with Crippen LogP contribution in [0.4, 0.5) is 27.1 Å². The Bertz CT molecular complexity index is 1260. The van der Waals surface area contributed by atoms with E-state index in [0.29, 0.717) is 16.6 Å². The number of rotatable bonds is 5. The van der Waals surface area contributed by atoms with Crippen molar-refractivity contribution in [2.45, 2.75) is 29.4 Å². The van der Waals surface area contributed by atoms with Gasteiger partial charge in [0.25, 0.3) is 0 Å². The smallest absolute Gasteiger partial charge is 0.200 e. The number of aromatic nitrogens is 1. The molecule has 0 radical (unpaired) electrons. The van der Waals surface area contributed by atoms with Crippen LogP contribution in [0.3, 0.4) is 0 Å². The average molecular weight is 523 g/mol. The third-order valence-corrected chi connectivity index (χ3v) is 8.92. The lowest BCUT2D eigenvalue weighted by Gasteiger charge is -2.31. The summed E-state index contributed by atoms with van der Waals surface area (Å²) in [5, 5.41) is 1.88. The second-order valence-corrected chi connectivity index (χ2v) is 11.0. The second kappa shape index (κ2) is 9.19. The fourth-order valence-corrected chi connectivity index (χ4v) is 6.54. The van der Waals surface area contributed by atoms with Crippen LogP contribution in [0.25, 0.3) is 0 Å². The summed E-state index contributed by atoms with van der Waals surface area (Å²) in [5.41, 5.74) is 1.83. The fourth-order valence-electron chi connectivity index (χ4n) is 3.69. The highest BCUT2D eigenvalue weighted by Gasteiger charge is 2.39. The van der Waals surface area contributed by atoms with E-state index in [1.54, 1.807) is 12.1 Å². The number of nitrogens with zero attached hydrogens (tertiary/aromatic N) is 2. The largest absolute Gasteiger partial charge is 0.348 e. The summed E-state index contributed by atoms with van der Waals surface area (Å²) in [4.78, 5) is 4.63. The Balaban J connectivity index is 1.47. The molecule has 176 valence electrons. The molecule has 0 aliphatic carbocycles. The van der Waals surface area contributed by atoms with Crippen molar-refractivity contribution in [3.63, 3.8) is 0 Å². The quantitative estimate of drug-likeness (QED) is 0.191. The van der Waals surface area contributed by atoms with Crippen LogP contribution < -0.4 is 4.90 Å². The molecule has 0 atom stereocenters. The number of hydrogen-bond acceptors (Lipinski definition) is 5. The molecule has 4 rings (SSSR count). The van der Waals surface area contributed by atoms with Crippen molar-refractivity contribution in [2.75, 3.05) is 18.0 Å². The van der Waals surface area contributed by atoms with Gasteiger partial charge in [0.1, 0.15) is 4.90 Å². The van der Waals surface area contributed by atoms with Gasteiger partial charge in [0.05, 0.1) is 10.9 Å². The predicted octanol–water partition coefficient (Wildman–Crippen LogP) is 5.53. The molecule has 2 heterocycles. The Labute approximate surface area is 195 Å². The van der Waals surface area contributed by atoms with Gasteiger partial charge >= 0.3 is 0 Å². The Hall–Kier alpha value is -2.24. The molecule has 0 bridgehead atoms. The van der Waals surface area contributed by atoms with Gasteiger partial charge in [0, 0.05) is 29.9 Å². The molecule has 0 unspecified atom stereocenters. The minimum absolute atomic E-state index is 0.0477. The van der Waals surface area contributed by atoms with Crippen LogP contribution in [-0.4, -0.2) is 31.7 Å². The van der Waals surface area contributed by atoms with Gasteiger partial charge in [-0.25, -0.2) is 35.4 Å². The number of halogens is 6. The van der Waals surface area contributed by atoms with E-state index in [2.05, 4.69) is 4.98 Å². The molecule has 1 saturated heterocycles. The summed E-state index contributed by atoms with van der Waals surface area (Å²) in [6.45, 7) is 0.403. The van der Waals surface area contributed by atoms with E-state index in [1.807, 2.05) is 22.4 Å². The monoisotopic (exact) mass is 522 g/mol. The van der Waals surface area contributed by atoms with Crippen LogP contribution in [0.15, 0.2) is 34.5 Å². The lowest BCUT2D eigenvalue weighted by molar-refractivity contribution is 0.356. The molecular formula is C21H16ClF5N2O2S2. The number of sulfone groups is 1. The van der Waals surface area contributed by atoms with Crippen molar-refractivity contribution in [1.82, 2.24) is 4.98 Å². The van der Waals surface area contributed by atoms with Gasteiger partial charge in [-0.1, -0.05) is 23.7 Å². The molecule has 2 aromatic carbocycles. The maximum Gasteiger partial charge on any atom is 0.200 e. The van der Waals surface area contributed by atoms with Crippen molar-refractivity contribution in [3.05, 3.63) is 75.0 Å². The second-order valence-electron chi connectivity index (χ2n) is 7.56. The number of thiazole rings is 1. The number of anilines is 1. The summed E-state index contributed by atoms with van der Waals surface area (Å²) in [6, 6.07) is 7.33. The van der Waals surface area contributed by atoms with Gasteiger partial charge < -0.3 is 4.90 Å². The molecule has 3 aromatic rings. The summed E-state index contributed by atoms with van der Waals surface area (Å²) in [5.74, 6) is -11.6. The van der Waals surface area contributed by atoms with Crippen LogP contribution in [-0.2, 0) is 16.3 Å². The third kappa shape index (κ3) is 4.58. The number of benzene rings is 2. The first-order valence-electron chi connectivity index (χ1n) is 9.78. The maximum atomic E-state index is 14.1. The van der Waals surface area contributed by atoms with E-state index in [0.717, 1.165) is 11.3 Å². The summed E-state index contributed by atoms with van der Waals surface area (Å²) >= 11 is 7.26. The molecular weight excluding hydrogens is 507 g/mol. The first-order valence-corrected chi connectivity index (χ1v) is 12.6. The van der Waals surface area contributed by atoms with Gasteiger partial charge in [-0.05, 0) is 30.5 Å². The average Bonchev–Trinajstić information content (AvgIpc) is 3.26. The number of hydrogen-bond donors (Lipinski definition) is 0. The highest BCUT2D eigenvalue weighted by atomic mass is 35.5. The van der Waals surface area contributed by atoms with Crippen molar-refractivity contribution in [3.8, 4) is 0 Å². The Kier molecular flexibility index (Phi) is 6.66. The topological polar surface area (TPSA) is 50.3 Å². The Morgan fingerprint density at radius 2 is 1.48 bits per heavy atom. The highest BCUT2D eigenvalue weighted by molar-refractivity contribution is 7.92. The van der Waals surface area contributed by atoms with Crippen LogP contribution in [0.1, 0.15) is 24.1 Å². The van der Waals surface area contributed by atoms with E-state index in [-0.39, 0.29) is 25.9 Å². The minimum atomic E-state index is -4.78. The van der Waals surface area contributed by atoms with Gasteiger partial charge in [-0.2, -0.15) is 0 Å². The molecule has 1 aromatic heterocycles. The van der Waals surface area contributed by atoms with Crippen LogP contribution in [0, 0.1) is 29.1 Å². The first kappa shape index (κ1) is 23.9. The van der Waals surface area contributed by atoms with Gasteiger partial charge in [0.15, 0.2) is 38.2 Å². The zero-order valence-corrected chi connectivity index (χ0v) is 19.2. The summed E-state index contributed by atoms with van der Waals surface area (Å²) < 4.78 is 93.9. The van der Waals surface area contributed by atoms with E-state index in [1.165, 1.54) is 11.3 Å². The van der Waals surface area contributed by atoms with Crippen molar-refractivity contribution in [2.24, 2.45) is 0 Å². The molecule has 1 aliphatic heterocycles. The molecule has 33 heavy (non-hydrogen) atoms. The van der Waals surface area contributed by atoms with Crippen molar-refractivity contribution < 1.29 is 30.4 Å². The van der Waals surface area contributed by atoms with Crippen LogP contribution in [0.5, 0.6) is 0 Å². The predicted molar refractivity (Wildman–Crippen MR) is 115 cm³/mol. The summed E-state index contributed by atoms with van der Waals surface area (Å²) in [6.07, 6.45) is 0.487. The van der Waals surface area contributed by atoms with E-state index in [9.17, 15) is 30.4 Å². The standard InChI is InChI=1S/C21H16ClF5N2O2S2/c22-12-3-1-11(2-4-12)9-13-10-32-21(28-13)29-7-5-14(6-8-29)33(30,31)20-18(26)16(24)15(23)17(25)19(20)27/h1-4,10,14H,5-9H2. The molecule has 0 N–H and O–H groups in total. The zero-order valence-electron chi connectivity index (χ0n) is 16.8. The number of piperidine rings is 1. The molecule has 0 saturated carbocycles. The lowest BCUT2D eigenvalue weighted by atomic mass is 10.1. The van der Waals surface area contributed by atoms with Crippen molar-refractivity contribution in [1.29, 1.82) is 0 Å². The molecule has 1 aliphatic rings. The SMILES string of the molecule is O=S(=O)(c1c(F)c(F)c(F)c(F)c1F)C1CCN(c2nc(Cc3ccc(Cl)cc3)cs2)CC1. The molecule has 4 nitrogen and oxygen atoms in total. The van der Waals surface area contributed by atoms with Gasteiger partial charge in [-0.15, -0.1) is 11.3 Å². The normalized spacial score (nSPS) is 15.3. The van der Waals surface area contributed by atoms with E-state index in [4.69, 9.17) is 11.6 Å². The zero-order chi connectivity index (χ0) is 23.9. The van der Waals surface area contributed by atoms with E-state index >= 15 is 0 Å². The van der Waals surface area contributed by atoms with Crippen LogP contribution in [0.2, 0.25) is 5.02 Å². The minimum Gasteiger partial charge on any atom is -0.348 e. The molecule has 12 heteroatoms. The summed E-state index contributed by atoms with van der Waals surface area (Å²) in [7, 11) is -4.78. The Morgan fingerprint density at radius 1 is 0.939 bits per heavy atom. The van der Waals surface area contributed by atoms with E-state index < -0.39 is 49.1 Å². The van der Waals surface area contributed by atoms with Crippen molar-refractivity contribution >= 4 is 37.9 Å². The maximum absolute atomic E-state index is 14.1. The fraction of sp³-hybridized carbons (Fsp3) is 0.286. The van der Waals surface area contributed by atoms with Gasteiger partial charge in [-0.3, -0.25) is 0 Å². The Morgan fingerprint density at radius 3 is 2.06 bits per heavy atom. The molecule has 0 amide bonds. The molecule has 1 fully saturated rings. The van der Waals surface area contributed by atoms with Gasteiger partial charge in [0.2, 0.25) is 5.82 Å². The van der Waals surface area contributed by atoms with Crippen LogP contribution >= 0.6 is 22.9 Å². The molecule has 0 spiro atoms. The first-order chi connectivity index (χ1) is 15.6. The lowest BCUT2D eigenvalue weighted by Crippen LogP contribution is -2.40.